The quantitative estimate of drug-likeness (QED) is 0.710. The van der Waals surface area contributed by atoms with Crippen molar-refractivity contribution in [1.82, 2.24) is 4.98 Å². The normalized spacial score (nSPS) is 10.2. The maximum atomic E-state index is 11.0. The number of benzene rings is 1. The van der Waals surface area contributed by atoms with Crippen molar-refractivity contribution >= 4 is 22.9 Å². The van der Waals surface area contributed by atoms with Crippen LogP contribution in [0.4, 0.5) is 5.69 Å². The molecule has 0 saturated heterocycles. The van der Waals surface area contributed by atoms with Gasteiger partial charge in [0.05, 0.1) is 5.69 Å². The Labute approximate surface area is 101 Å². The van der Waals surface area contributed by atoms with Crippen LogP contribution in [0.1, 0.15) is 6.92 Å². The number of anilines is 1. The summed E-state index contributed by atoms with van der Waals surface area (Å²) < 4.78 is 0. The van der Waals surface area contributed by atoms with E-state index in [0.29, 0.717) is 16.9 Å². The molecule has 88 valence electrons. The topological polar surface area (TPSA) is 82.2 Å². The zero-order valence-corrected chi connectivity index (χ0v) is 9.80. The van der Waals surface area contributed by atoms with Gasteiger partial charge in [-0.2, -0.15) is 0 Å². The van der Waals surface area contributed by atoms with Crippen LogP contribution < -0.4 is 10.2 Å². The molecule has 2 rings (SSSR count). The molecule has 0 aliphatic rings. The van der Waals surface area contributed by atoms with Crippen molar-refractivity contribution in [2.75, 3.05) is 5.32 Å². The third kappa shape index (κ3) is 2.54. The van der Waals surface area contributed by atoms with Crippen molar-refractivity contribution in [3.63, 3.8) is 0 Å². The summed E-state index contributed by atoms with van der Waals surface area (Å²) in [7, 11) is 0. The van der Waals surface area contributed by atoms with E-state index < -0.39 is 0 Å². The Bertz CT molecular complexity index is 615. The number of carbonyl (C=O) groups excluding carboxylic acids is 1. The first kappa shape index (κ1) is 11.4. The Morgan fingerprint density at radius 3 is 2.82 bits per heavy atom. The number of amides is 1. The van der Waals surface area contributed by atoms with Crippen LogP contribution in [0.25, 0.3) is 11.3 Å². The number of hydrogen-bond acceptors (Lipinski definition) is 4. The van der Waals surface area contributed by atoms with Gasteiger partial charge in [-0.25, -0.2) is 0 Å². The molecule has 0 spiro atoms. The van der Waals surface area contributed by atoms with Gasteiger partial charge in [0.2, 0.25) is 5.91 Å². The van der Waals surface area contributed by atoms with Crippen LogP contribution in [0.2, 0.25) is 0 Å². The largest absolute Gasteiger partial charge is 0.507 e. The Balaban J connectivity index is 2.45. The Morgan fingerprint density at radius 2 is 2.24 bits per heavy atom. The van der Waals surface area contributed by atoms with E-state index in [1.807, 2.05) is 0 Å². The average Bonchev–Trinajstić information content (AvgIpc) is 2.67. The lowest BCUT2D eigenvalue weighted by atomic mass is 10.1. The van der Waals surface area contributed by atoms with E-state index in [1.165, 1.54) is 13.0 Å². The Kier molecular flexibility index (Phi) is 2.97. The van der Waals surface area contributed by atoms with Gasteiger partial charge in [0.1, 0.15) is 5.75 Å². The van der Waals surface area contributed by atoms with E-state index in [-0.39, 0.29) is 16.5 Å². The van der Waals surface area contributed by atoms with Crippen molar-refractivity contribution in [3.8, 4) is 17.0 Å². The molecule has 5 nitrogen and oxygen atoms in total. The minimum absolute atomic E-state index is 0.0492. The van der Waals surface area contributed by atoms with Crippen LogP contribution in [-0.4, -0.2) is 16.0 Å². The summed E-state index contributed by atoms with van der Waals surface area (Å²) in [4.78, 5) is 24.4. The molecule has 0 unspecified atom stereocenters. The van der Waals surface area contributed by atoms with Crippen LogP contribution in [0.15, 0.2) is 28.4 Å². The first-order chi connectivity index (χ1) is 8.06. The number of rotatable bonds is 2. The van der Waals surface area contributed by atoms with Gasteiger partial charge < -0.3 is 15.4 Å². The molecule has 0 aliphatic heterocycles. The van der Waals surface area contributed by atoms with Crippen LogP contribution in [0.3, 0.4) is 0 Å². The monoisotopic (exact) mass is 250 g/mol. The number of phenols is 1. The molecular formula is C11H10N2O3S. The second-order valence-electron chi connectivity index (χ2n) is 3.47. The summed E-state index contributed by atoms with van der Waals surface area (Å²) in [5.74, 6) is -0.145. The zero-order valence-electron chi connectivity index (χ0n) is 8.98. The van der Waals surface area contributed by atoms with Crippen LogP contribution in [-0.2, 0) is 4.79 Å². The van der Waals surface area contributed by atoms with Gasteiger partial charge in [0.25, 0.3) is 0 Å². The molecule has 0 fully saturated rings. The minimum atomic E-state index is -0.194. The molecular weight excluding hydrogens is 240 g/mol. The molecule has 1 aromatic heterocycles. The number of aromatic hydroxyl groups is 1. The number of aromatic nitrogens is 1. The number of nitrogens with one attached hydrogen (secondary N) is 2. The van der Waals surface area contributed by atoms with E-state index in [4.69, 9.17) is 0 Å². The summed E-state index contributed by atoms with van der Waals surface area (Å²) in [6.07, 6.45) is 0. The summed E-state index contributed by atoms with van der Waals surface area (Å²) >= 11 is 1.02. The van der Waals surface area contributed by atoms with Gasteiger partial charge in [-0.1, -0.05) is 11.3 Å². The minimum Gasteiger partial charge on any atom is -0.507 e. The summed E-state index contributed by atoms with van der Waals surface area (Å²) in [6, 6.07) is 4.66. The fraction of sp³-hybridized carbons (Fsp3) is 0.0909. The predicted octanol–water partition coefficient (Wildman–Crippen LogP) is 1.77. The SMILES string of the molecule is CC(=O)Nc1ccc(O)c(-c2csc(=O)[nH]2)c1. The molecule has 0 aliphatic carbocycles. The maximum absolute atomic E-state index is 11.0. The highest BCUT2D eigenvalue weighted by atomic mass is 32.1. The smallest absolute Gasteiger partial charge is 0.304 e. The summed E-state index contributed by atoms with van der Waals surface area (Å²) in [5.41, 5.74) is 1.58. The van der Waals surface area contributed by atoms with Crippen LogP contribution in [0, 0.1) is 0 Å². The van der Waals surface area contributed by atoms with Gasteiger partial charge >= 0.3 is 4.87 Å². The number of phenolic OH excluding ortho intramolecular Hbond substituents is 1. The molecule has 1 heterocycles. The molecule has 6 heteroatoms. The molecule has 2 aromatic rings. The predicted molar refractivity (Wildman–Crippen MR) is 66.3 cm³/mol. The van der Waals surface area contributed by atoms with E-state index in [2.05, 4.69) is 10.3 Å². The summed E-state index contributed by atoms with van der Waals surface area (Å²) in [5, 5.41) is 13.9. The van der Waals surface area contributed by atoms with Crippen molar-refractivity contribution in [2.45, 2.75) is 6.92 Å². The molecule has 1 amide bonds. The third-order valence-corrected chi connectivity index (χ3v) is 2.80. The molecule has 0 radical (unpaired) electrons. The number of thiazole rings is 1. The molecule has 0 bridgehead atoms. The van der Waals surface area contributed by atoms with Crippen molar-refractivity contribution in [2.24, 2.45) is 0 Å². The molecule has 0 saturated carbocycles. The fourth-order valence-corrected chi connectivity index (χ4v) is 2.02. The molecule has 17 heavy (non-hydrogen) atoms. The summed E-state index contributed by atoms with van der Waals surface area (Å²) in [6.45, 7) is 1.40. The van der Waals surface area contributed by atoms with Gasteiger partial charge in [-0.3, -0.25) is 9.59 Å². The van der Waals surface area contributed by atoms with Crippen molar-refractivity contribution < 1.29 is 9.90 Å². The van der Waals surface area contributed by atoms with Crippen LogP contribution in [0.5, 0.6) is 5.75 Å². The second kappa shape index (κ2) is 4.42. The van der Waals surface area contributed by atoms with Gasteiger partial charge in [0.15, 0.2) is 0 Å². The van der Waals surface area contributed by atoms with E-state index in [1.54, 1.807) is 17.5 Å². The molecule has 0 atom stereocenters. The van der Waals surface area contributed by atoms with E-state index in [9.17, 15) is 14.7 Å². The standard InChI is InChI=1S/C11H10N2O3S/c1-6(14)12-7-2-3-10(15)8(4-7)9-5-17-11(16)13-9/h2-5,15H,1H3,(H,12,14)(H,13,16). The maximum Gasteiger partial charge on any atom is 0.304 e. The number of H-pyrrole nitrogens is 1. The Morgan fingerprint density at radius 1 is 1.47 bits per heavy atom. The lowest BCUT2D eigenvalue weighted by Gasteiger charge is -2.06. The molecule has 1 aromatic carbocycles. The number of aromatic amines is 1. The third-order valence-electron chi connectivity index (χ3n) is 2.13. The molecule has 3 N–H and O–H groups in total. The lowest BCUT2D eigenvalue weighted by molar-refractivity contribution is -0.114. The zero-order chi connectivity index (χ0) is 12.4. The highest BCUT2D eigenvalue weighted by Crippen LogP contribution is 2.30. The van der Waals surface area contributed by atoms with Crippen molar-refractivity contribution in [3.05, 3.63) is 33.2 Å². The van der Waals surface area contributed by atoms with Gasteiger partial charge in [-0.15, -0.1) is 0 Å². The first-order valence-corrected chi connectivity index (χ1v) is 5.73. The highest BCUT2D eigenvalue weighted by Gasteiger charge is 2.08. The first-order valence-electron chi connectivity index (χ1n) is 4.85. The van der Waals surface area contributed by atoms with Crippen molar-refractivity contribution in [1.29, 1.82) is 0 Å². The average molecular weight is 250 g/mol. The van der Waals surface area contributed by atoms with E-state index >= 15 is 0 Å². The highest BCUT2D eigenvalue weighted by molar-refractivity contribution is 7.07. The van der Waals surface area contributed by atoms with Gasteiger partial charge in [-0.05, 0) is 18.2 Å². The second-order valence-corrected chi connectivity index (χ2v) is 4.32. The lowest BCUT2D eigenvalue weighted by Crippen LogP contribution is -2.05. The number of hydrogen-bond donors (Lipinski definition) is 3. The van der Waals surface area contributed by atoms with Gasteiger partial charge in [0, 0.05) is 23.6 Å². The number of carbonyl (C=O) groups is 1. The fourth-order valence-electron chi connectivity index (χ4n) is 1.44. The Hall–Kier alpha value is -2.08. The van der Waals surface area contributed by atoms with E-state index in [0.717, 1.165) is 11.3 Å². The van der Waals surface area contributed by atoms with Crippen LogP contribution >= 0.6 is 11.3 Å².